The second kappa shape index (κ2) is 10.7. The van der Waals surface area contributed by atoms with Crippen LogP contribution in [0, 0.1) is 10.1 Å². The molecule has 0 bridgehead atoms. The average molecular weight is 572 g/mol. The number of carbonyl (C=O) groups excluding carboxylic acids is 2. The van der Waals surface area contributed by atoms with Gasteiger partial charge in [-0.2, -0.15) is 0 Å². The van der Waals surface area contributed by atoms with E-state index in [4.69, 9.17) is 25.8 Å². The van der Waals surface area contributed by atoms with Crippen LogP contribution in [0.5, 0.6) is 11.5 Å². The number of nitro benzene ring substituents is 1. The summed E-state index contributed by atoms with van der Waals surface area (Å²) < 4.78 is 16.8. The quantitative estimate of drug-likeness (QED) is 0.113. The standard InChI is InChI=1S/C25H16BrClN2O7/c1-2-34-21-13-14(11-18(26)22(21)35-24(30)17-5-3-4-6-19(17)27)12-20-25(31)36-23(28-20)15-7-9-16(10-8-15)29(32)33/h3-13H,2H2,1H3/b20-12-. The normalized spacial score (nSPS) is 13.8. The largest absolute Gasteiger partial charge is 0.490 e. The molecule has 0 fully saturated rings. The van der Waals surface area contributed by atoms with Crippen LogP contribution in [0.3, 0.4) is 0 Å². The van der Waals surface area contributed by atoms with E-state index in [2.05, 4.69) is 20.9 Å². The molecule has 0 aliphatic carbocycles. The molecule has 4 rings (SSSR count). The van der Waals surface area contributed by atoms with Crippen LogP contribution < -0.4 is 9.47 Å². The van der Waals surface area contributed by atoms with E-state index >= 15 is 0 Å². The fourth-order valence-corrected chi connectivity index (χ4v) is 3.98. The number of ether oxygens (including phenoxy) is 3. The minimum atomic E-state index is -0.688. The monoisotopic (exact) mass is 570 g/mol. The predicted octanol–water partition coefficient (Wildman–Crippen LogP) is 5.97. The summed E-state index contributed by atoms with van der Waals surface area (Å²) in [4.78, 5) is 39.6. The van der Waals surface area contributed by atoms with Gasteiger partial charge in [-0.1, -0.05) is 23.7 Å². The molecule has 3 aromatic carbocycles. The van der Waals surface area contributed by atoms with Crippen LogP contribution in [-0.4, -0.2) is 29.4 Å². The molecule has 0 saturated carbocycles. The van der Waals surface area contributed by atoms with Crippen LogP contribution in [0.1, 0.15) is 28.4 Å². The summed E-state index contributed by atoms with van der Waals surface area (Å²) >= 11 is 9.49. The second-order valence-electron chi connectivity index (χ2n) is 7.27. The molecule has 0 unspecified atom stereocenters. The third kappa shape index (κ3) is 5.45. The second-order valence-corrected chi connectivity index (χ2v) is 8.53. The van der Waals surface area contributed by atoms with Crippen LogP contribution in [0.4, 0.5) is 5.69 Å². The average Bonchev–Trinajstić information content (AvgIpc) is 3.21. The fourth-order valence-electron chi connectivity index (χ4n) is 3.22. The van der Waals surface area contributed by atoms with Crippen LogP contribution in [-0.2, 0) is 9.53 Å². The Labute approximate surface area is 218 Å². The first-order valence-electron chi connectivity index (χ1n) is 10.5. The number of esters is 2. The van der Waals surface area contributed by atoms with Crippen molar-refractivity contribution in [1.29, 1.82) is 0 Å². The lowest BCUT2D eigenvalue weighted by Crippen LogP contribution is -2.11. The van der Waals surface area contributed by atoms with E-state index in [-0.39, 0.29) is 46.0 Å². The lowest BCUT2D eigenvalue weighted by Gasteiger charge is -2.14. The van der Waals surface area contributed by atoms with Gasteiger partial charge in [-0.05, 0) is 70.9 Å². The molecular formula is C25H16BrClN2O7. The zero-order chi connectivity index (χ0) is 25.8. The van der Waals surface area contributed by atoms with E-state index in [0.29, 0.717) is 15.6 Å². The molecule has 0 amide bonds. The number of benzene rings is 3. The maximum absolute atomic E-state index is 12.7. The van der Waals surface area contributed by atoms with Crippen molar-refractivity contribution in [3.05, 3.63) is 103 Å². The van der Waals surface area contributed by atoms with Gasteiger partial charge in [0.25, 0.3) is 5.69 Å². The van der Waals surface area contributed by atoms with E-state index in [1.807, 2.05) is 0 Å². The van der Waals surface area contributed by atoms with E-state index in [0.717, 1.165) is 0 Å². The Bertz CT molecular complexity index is 1430. The molecule has 9 nitrogen and oxygen atoms in total. The summed E-state index contributed by atoms with van der Waals surface area (Å²) in [6, 6.07) is 15.2. The fraction of sp³-hybridized carbons (Fsp3) is 0.0800. The van der Waals surface area contributed by atoms with Crippen molar-refractivity contribution in [3.8, 4) is 11.5 Å². The molecule has 36 heavy (non-hydrogen) atoms. The molecule has 0 atom stereocenters. The summed E-state index contributed by atoms with van der Waals surface area (Å²) in [6.45, 7) is 2.06. The highest BCUT2D eigenvalue weighted by atomic mass is 79.9. The lowest BCUT2D eigenvalue weighted by molar-refractivity contribution is -0.384. The Hall–Kier alpha value is -4.02. The van der Waals surface area contributed by atoms with E-state index in [1.54, 1.807) is 43.3 Å². The predicted molar refractivity (Wildman–Crippen MR) is 135 cm³/mol. The van der Waals surface area contributed by atoms with Crippen molar-refractivity contribution < 1.29 is 28.7 Å². The number of non-ortho nitro benzene ring substituents is 1. The van der Waals surface area contributed by atoms with Crippen molar-refractivity contribution >= 4 is 57.1 Å². The van der Waals surface area contributed by atoms with E-state index < -0.39 is 16.9 Å². The van der Waals surface area contributed by atoms with Gasteiger partial charge >= 0.3 is 11.9 Å². The first-order chi connectivity index (χ1) is 17.3. The molecule has 1 aliphatic heterocycles. The summed E-state index contributed by atoms with van der Waals surface area (Å²) in [5.74, 6) is -0.926. The van der Waals surface area contributed by atoms with Crippen molar-refractivity contribution in [3.63, 3.8) is 0 Å². The molecule has 0 saturated heterocycles. The van der Waals surface area contributed by atoms with Gasteiger partial charge in [-0.25, -0.2) is 14.6 Å². The summed E-state index contributed by atoms with van der Waals surface area (Å²) in [5, 5.41) is 11.1. The van der Waals surface area contributed by atoms with E-state index in [1.165, 1.54) is 30.3 Å². The molecule has 182 valence electrons. The molecule has 1 aliphatic rings. The lowest BCUT2D eigenvalue weighted by atomic mass is 10.1. The Balaban J connectivity index is 1.64. The number of rotatable bonds is 7. The zero-order valence-corrected chi connectivity index (χ0v) is 20.9. The topological polar surface area (TPSA) is 117 Å². The molecule has 1 heterocycles. The van der Waals surface area contributed by atoms with Crippen LogP contribution in [0.25, 0.3) is 6.08 Å². The highest BCUT2D eigenvalue weighted by molar-refractivity contribution is 9.10. The Kier molecular flexibility index (Phi) is 7.47. The molecule has 0 aromatic heterocycles. The van der Waals surface area contributed by atoms with Gasteiger partial charge in [-0.15, -0.1) is 0 Å². The van der Waals surface area contributed by atoms with Crippen molar-refractivity contribution in [1.82, 2.24) is 0 Å². The molecule has 11 heteroatoms. The number of nitro groups is 1. The SMILES string of the molecule is CCOc1cc(/C=C2\N=C(c3ccc([N+](=O)[O-])cc3)OC2=O)cc(Br)c1OC(=O)c1ccccc1Cl. The van der Waals surface area contributed by atoms with Gasteiger partial charge in [0.15, 0.2) is 17.2 Å². The van der Waals surface area contributed by atoms with Crippen LogP contribution in [0.15, 0.2) is 75.8 Å². The van der Waals surface area contributed by atoms with Crippen molar-refractivity contribution in [2.24, 2.45) is 4.99 Å². The van der Waals surface area contributed by atoms with Gasteiger partial charge in [0.05, 0.1) is 26.6 Å². The smallest absolute Gasteiger partial charge is 0.363 e. The van der Waals surface area contributed by atoms with Crippen molar-refractivity contribution in [2.75, 3.05) is 6.61 Å². The summed E-state index contributed by atoms with van der Waals surface area (Å²) in [5.41, 5.74) is 1.04. The summed E-state index contributed by atoms with van der Waals surface area (Å²) in [7, 11) is 0. The highest BCUT2D eigenvalue weighted by Crippen LogP contribution is 2.38. The number of hydrogen-bond acceptors (Lipinski definition) is 8. The maximum Gasteiger partial charge on any atom is 0.363 e. The molecule has 0 spiro atoms. The Morgan fingerprint density at radius 1 is 1.19 bits per heavy atom. The molecule has 0 radical (unpaired) electrons. The number of nitrogens with zero attached hydrogens (tertiary/aromatic N) is 2. The number of halogens is 2. The number of carbonyl (C=O) groups is 2. The third-order valence-electron chi connectivity index (χ3n) is 4.87. The van der Waals surface area contributed by atoms with Gasteiger partial charge in [-0.3, -0.25) is 10.1 Å². The third-order valence-corrected chi connectivity index (χ3v) is 5.79. The maximum atomic E-state index is 12.7. The van der Waals surface area contributed by atoms with Gasteiger partial charge in [0.2, 0.25) is 5.90 Å². The zero-order valence-electron chi connectivity index (χ0n) is 18.6. The highest BCUT2D eigenvalue weighted by Gasteiger charge is 2.25. The summed E-state index contributed by atoms with van der Waals surface area (Å²) in [6.07, 6.45) is 1.48. The first kappa shape index (κ1) is 25.1. The molecule has 0 N–H and O–H groups in total. The molecule has 3 aromatic rings. The minimum Gasteiger partial charge on any atom is -0.490 e. The Morgan fingerprint density at radius 2 is 1.92 bits per heavy atom. The minimum absolute atomic E-state index is 0.0125. The Morgan fingerprint density at radius 3 is 2.58 bits per heavy atom. The van der Waals surface area contributed by atoms with Crippen molar-refractivity contribution in [2.45, 2.75) is 6.92 Å². The van der Waals surface area contributed by atoms with Gasteiger partial charge in [0, 0.05) is 17.7 Å². The van der Waals surface area contributed by atoms with Gasteiger partial charge < -0.3 is 14.2 Å². The first-order valence-corrected chi connectivity index (χ1v) is 11.6. The number of cyclic esters (lactones) is 1. The number of hydrogen-bond donors (Lipinski definition) is 0. The van der Waals surface area contributed by atoms with Gasteiger partial charge in [0.1, 0.15) is 0 Å². The van der Waals surface area contributed by atoms with Crippen LogP contribution in [0.2, 0.25) is 5.02 Å². The number of aliphatic imine (C=N–C) groups is 1. The van der Waals surface area contributed by atoms with E-state index in [9.17, 15) is 19.7 Å². The van der Waals surface area contributed by atoms with Crippen LogP contribution >= 0.6 is 27.5 Å². The molecular weight excluding hydrogens is 556 g/mol.